The molecule has 3 aromatic rings. The smallest absolute Gasteiger partial charge is 0.278 e. The second-order valence-corrected chi connectivity index (χ2v) is 5.81. The molecule has 0 atom stereocenters. The van der Waals surface area contributed by atoms with E-state index in [1.807, 2.05) is 29.6 Å². The number of nitrogens with zero attached hydrogens (tertiary/aromatic N) is 1. The Morgan fingerprint density at radius 2 is 1.79 bits per heavy atom. The first-order chi connectivity index (χ1) is 11.7. The highest BCUT2D eigenvalue weighted by atomic mass is 32.1. The first-order valence-corrected chi connectivity index (χ1v) is 8.21. The van der Waals surface area contributed by atoms with Crippen LogP contribution in [-0.4, -0.2) is 18.0 Å². The molecule has 0 aliphatic rings. The Kier molecular flexibility index (Phi) is 5.08. The van der Waals surface area contributed by atoms with Crippen LogP contribution >= 0.6 is 11.3 Å². The minimum absolute atomic E-state index is 0.124. The summed E-state index contributed by atoms with van der Waals surface area (Å²) in [6, 6.07) is 14.5. The molecule has 0 saturated carbocycles. The van der Waals surface area contributed by atoms with E-state index in [0.29, 0.717) is 17.3 Å². The van der Waals surface area contributed by atoms with Crippen molar-refractivity contribution in [3.63, 3.8) is 0 Å². The van der Waals surface area contributed by atoms with Crippen molar-refractivity contribution in [2.45, 2.75) is 6.54 Å². The summed E-state index contributed by atoms with van der Waals surface area (Å²) in [7, 11) is 1.59. The van der Waals surface area contributed by atoms with Crippen LogP contribution in [0.25, 0.3) is 0 Å². The lowest BCUT2D eigenvalue weighted by Crippen LogP contribution is -2.22. The fraction of sp³-hybridized carbons (Fsp3) is 0.111. The van der Waals surface area contributed by atoms with Crippen molar-refractivity contribution >= 4 is 17.2 Å². The molecular weight excluding hydrogens is 324 g/mol. The molecule has 1 N–H and O–H groups in total. The van der Waals surface area contributed by atoms with Gasteiger partial charge in [-0.1, -0.05) is 23.5 Å². The molecule has 0 aliphatic carbocycles. The van der Waals surface area contributed by atoms with E-state index in [2.05, 4.69) is 10.3 Å². The van der Waals surface area contributed by atoms with E-state index >= 15 is 0 Å². The Morgan fingerprint density at radius 1 is 1.08 bits per heavy atom. The van der Waals surface area contributed by atoms with Crippen molar-refractivity contribution in [1.29, 1.82) is 0 Å². The zero-order chi connectivity index (χ0) is 16.8. The van der Waals surface area contributed by atoms with Crippen LogP contribution in [0.1, 0.15) is 15.9 Å². The predicted octanol–water partition coefficient (Wildman–Crippen LogP) is 3.87. The highest BCUT2D eigenvalue weighted by Gasteiger charge is 2.06. The third-order valence-corrected chi connectivity index (χ3v) is 3.99. The number of hydrogen-bond acceptors (Lipinski definition) is 5. The zero-order valence-electron chi connectivity index (χ0n) is 13.1. The second-order valence-electron chi connectivity index (χ2n) is 4.96. The molecule has 6 heteroatoms. The molecule has 0 spiro atoms. The number of hydrogen-bond donors (Lipinski definition) is 1. The van der Waals surface area contributed by atoms with Gasteiger partial charge in [0.25, 0.3) is 11.1 Å². The molecule has 24 heavy (non-hydrogen) atoms. The number of benzene rings is 2. The maximum Gasteiger partial charge on any atom is 0.278 e. The molecule has 2 aromatic carbocycles. The Balaban J connectivity index is 1.54. The summed E-state index contributed by atoms with van der Waals surface area (Å²) in [5, 5.41) is 5.35. The van der Waals surface area contributed by atoms with Crippen molar-refractivity contribution in [3.8, 4) is 16.7 Å². The minimum atomic E-state index is -0.124. The van der Waals surface area contributed by atoms with Gasteiger partial charge in [-0.3, -0.25) is 4.79 Å². The fourth-order valence-corrected chi connectivity index (χ4v) is 2.57. The van der Waals surface area contributed by atoms with Crippen LogP contribution in [0.2, 0.25) is 0 Å². The number of ether oxygens (including phenoxy) is 2. The van der Waals surface area contributed by atoms with E-state index in [1.165, 1.54) is 11.3 Å². The molecule has 1 amide bonds. The minimum Gasteiger partial charge on any atom is -0.497 e. The van der Waals surface area contributed by atoms with Crippen molar-refractivity contribution in [1.82, 2.24) is 10.3 Å². The average molecular weight is 340 g/mol. The molecule has 0 radical (unpaired) electrons. The fourth-order valence-electron chi connectivity index (χ4n) is 2.06. The molecule has 3 rings (SSSR count). The monoisotopic (exact) mass is 340 g/mol. The Hall–Kier alpha value is -2.86. The van der Waals surface area contributed by atoms with E-state index in [9.17, 15) is 4.79 Å². The van der Waals surface area contributed by atoms with Gasteiger partial charge in [-0.15, -0.1) is 0 Å². The molecular formula is C18H16N2O3S. The average Bonchev–Trinajstić information content (AvgIpc) is 3.14. The predicted molar refractivity (Wildman–Crippen MR) is 92.8 cm³/mol. The summed E-state index contributed by atoms with van der Waals surface area (Å²) in [6.45, 7) is 0.447. The summed E-state index contributed by atoms with van der Waals surface area (Å²) in [4.78, 5) is 16.2. The molecule has 122 valence electrons. The standard InChI is InChI=1S/C18H16N2O3S/c1-22-15-8-4-14(5-9-15)17(21)20-12-13-2-6-16(7-3-13)23-18-19-10-11-24-18/h2-11H,12H2,1H3,(H,20,21). The number of thiazole rings is 1. The Bertz CT molecular complexity index is 784. The normalized spacial score (nSPS) is 10.2. The van der Waals surface area contributed by atoms with Crippen molar-refractivity contribution < 1.29 is 14.3 Å². The Morgan fingerprint density at radius 3 is 2.42 bits per heavy atom. The number of carbonyl (C=O) groups excluding carboxylic acids is 1. The lowest BCUT2D eigenvalue weighted by atomic mass is 10.2. The first kappa shape index (κ1) is 16.0. The van der Waals surface area contributed by atoms with Crippen LogP contribution in [-0.2, 0) is 6.54 Å². The topological polar surface area (TPSA) is 60.5 Å². The summed E-state index contributed by atoms with van der Waals surface area (Å²) in [5.41, 5.74) is 1.59. The van der Waals surface area contributed by atoms with E-state index < -0.39 is 0 Å². The van der Waals surface area contributed by atoms with Crippen molar-refractivity contribution in [2.24, 2.45) is 0 Å². The highest BCUT2D eigenvalue weighted by Crippen LogP contribution is 2.23. The highest BCUT2D eigenvalue weighted by molar-refractivity contribution is 7.11. The number of methoxy groups -OCH3 is 1. The van der Waals surface area contributed by atoms with Crippen LogP contribution in [0, 0.1) is 0 Å². The van der Waals surface area contributed by atoms with Crippen LogP contribution < -0.4 is 14.8 Å². The molecule has 5 nitrogen and oxygen atoms in total. The van der Waals surface area contributed by atoms with Gasteiger partial charge in [0, 0.05) is 23.7 Å². The van der Waals surface area contributed by atoms with Gasteiger partial charge in [0.15, 0.2) is 0 Å². The van der Waals surface area contributed by atoms with Gasteiger partial charge in [0.05, 0.1) is 7.11 Å². The van der Waals surface area contributed by atoms with Crippen LogP contribution in [0.15, 0.2) is 60.1 Å². The van der Waals surface area contributed by atoms with Crippen LogP contribution in [0.4, 0.5) is 0 Å². The zero-order valence-corrected chi connectivity index (χ0v) is 13.9. The van der Waals surface area contributed by atoms with Gasteiger partial charge in [-0.2, -0.15) is 0 Å². The first-order valence-electron chi connectivity index (χ1n) is 7.33. The molecule has 1 aromatic heterocycles. The van der Waals surface area contributed by atoms with Crippen molar-refractivity contribution in [2.75, 3.05) is 7.11 Å². The lowest BCUT2D eigenvalue weighted by Gasteiger charge is -2.07. The molecule has 0 fully saturated rings. The van der Waals surface area contributed by atoms with Crippen LogP contribution in [0.3, 0.4) is 0 Å². The van der Waals surface area contributed by atoms with E-state index in [-0.39, 0.29) is 5.91 Å². The number of amides is 1. The SMILES string of the molecule is COc1ccc(C(=O)NCc2ccc(Oc3nccs3)cc2)cc1. The van der Waals surface area contributed by atoms with Gasteiger partial charge in [0.2, 0.25) is 0 Å². The summed E-state index contributed by atoms with van der Waals surface area (Å²) < 4.78 is 10.7. The van der Waals surface area contributed by atoms with E-state index in [0.717, 1.165) is 17.1 Å². The third kappa shape index (κ3) is 4.11. The maximum atomic E-state index is 12.1. The number of rotatable bonds is 6. The molecule has 0 saturated heterocycles. The lowest BCUT2D eigenvalue weighted by molar-refractivity contribution is 0.0951. The third-order valence-electron chi connectivity index (χ3n) is 3.34. The molecule has 0 unspecified atom stereocenters. The summed E-state index contributed by atoms with van der Waals surface area (Å²) >= 11 is 1.44. The van der Waals surface area contributed by atoms with Crippen molar-refractivity contribution in [3.05, 3.63) is 71.2 Å². The van der Waals surface area contributed by atoms with Gasteiger partial charge in [-0.05, 0) is 42.0 Å². The van der Waals surface area contributed by atoms with E-state index in [4.69, 9.17) is 9.47 Å². The quantitative estimate of drug-likeness (QED) is 0.740. The van der Waals surface area contributed by atoms with E-state index in [1.54, 1.807) is 37.6 Å². The Labute approximate surface area is 143 Å². The summed E-state index contributed by atoms with van der Waals surface area (Å²) in [5.74, 6) is 1.32. The second kappa shape index (κ2) is 7.61. The van der Waals surface area contributed by atoms with Gasteiger partial charge in [-0.25, -0.2) is 4.98 Å². The van der Waals surface area contributed by atoms with Gasteiger partial charge < -0.3 is 14.8 Å². The van der Waals surface area contributed by atoms with Gasteiger partial charge in [0.1, 0.15) is 11.5 Å². The van der Waals surface area contributed by atoms with Gasteiger partial charge >= 0.3 is 0 Å². The molecule has 0 aliphatic heterocycles. The van der Waals surface area contributed by atoms with Crippen LogP contribution in [0.5, 0.6) is 16.7 Å². The maximum absolute atomic E-state index is 12.1. The number of carbonyl (C=O) groups is 1. The number of aromatic nitrogens is 1. The summed E-state index contributed by atoms with van der Waals surface area (Å²) in [6.07, 6.45) is 1.70. The molecule has 1 heterocycles. The molecule has 0 bridgehead atoms. The largest absolute Gasteiger partial charge is 0.497 e. The number of nitrogens with one attached hydrogen (secondary N) is 1.